The van der Waals surface area contributed by atoms with E-state index < -0.39 is 17.6 Å². The van der Waals surface area contributed by atoms with Gasteiger partial charge in [0.1, 0.15) is 22.8 Å². The number of para-hydroxylation sites is 1. The number of unbranched alkanes of at least 4 members (excludes halogenated alkanes) is 1. The third-order valence-electron chi connectivity index (χ3n) is 7.06. The molecule has 3 aromatic rings. The Morgan fingerprint density at radius 1 is 0.796 bits per heavy atom. The number of hydrogen-bond donors (Lipinski definition) is 3. The minimum Gasteiger partial charge on any atom is -0.495 e. The second-order valence-electron chi connectivity index (χ2n) is 12.4. The van der Waals surface area contributed by atoms with Gasteiger partial charge in [-0.25, -0.2) is 4.79 Å². The fraction of sp³-hybridized carbons (Fsp3) is 0.405. The van der Waals surface area contributed by atoms with E-state index in [2.05, 4.69) is 16.0 Å². The van der Waals surface area contributed by atoms with Gasteiger partial charge in [0.15, 0.2) is 0 Å². The molecule has 12 nitrogen and oxygen atoms in total. The van der Waals surface area contributed by atoms with Gasteiger partial charge >= 0.3 is 6.09 Å². The molecule has 0 unspecified atom stereocenters. The first-order valence-corrected chi connectivity index (χ1v) is 16.2. The van der Waals surface area contributed by atoms with Gasteiger partial charge in [0.2, 0.25) is 5.91 Å². The van der Waals surface area contributed by atoms with Crippen molar-refractivity contribution in [3.05, 3.63) is 77.4 Å². The molecule has 0 spiro atoms. The molecule has 0 aliphatic carbocycles. The first kappa shape index (κ1) is 38.2. The molecular weight excluding hydrogens is 628 g/mol. The molecule has 0 atom stereocenters. The fourth-order valence-electron chi connectivity index (χ4n) is 4.65. The van der Waals surface area contributed by atoms with Crippen molar-refractivity contribution in [1.29, 1.82) is 0 Å². The van der Waals surface area contributed by atoms with Crippen LogP contribution in [0.5, 0.6) is 17.2 Å². The van der Waals surface area contributed by atoms with E-state index in [4.69, 9.17) is 18.9 Å². The van der Waals surface area contributed by atoms with E-state index in [1.54, 1.807) is 70.3 Å². The highest BCUT2D eigenvalue weighted by molar-refractivity contribution is 6.09. The normalized spacial score (nSPS) is 10.8. The van der Waals surface area contributed by atoms with Gasteiger partial charge in [-0.3, -0.25) is 14.4 Å². The standard InChI is InChI=1S/C37H48N4O8/c1-25-15-18-30(33(23-25)48-21-11-10-19-38-26(2)42)41(6)35(44)27-16-17-29(32(24-27)46-7)40-34(43)28-13-8-9-14-31(28)47-22-12-20-39-36(45)49-37(3,4)5/h8-9,13-18,23-24H,10-12,19-22H2,1-7H3,(H,38,42)(H,39,45)(H,40,43). The molecular formula is C37H48N4O8. The molecule has 0 aliphatic rings. The highest BCUT2D eigenvalue weighted by Crippen LogP contribution is 2.32. The molecule has 0 radical (unpaired) electrons. The van der Waals surface area contributed by atoms with Crippen LogP contribution in [-0.4, -0.2) is 69.9 Å². The molecule has 3 rings (SSSR count). The highest BCUT2D eigenvalue weighted by atomic mass is 16.6. The average Bonchev–Trinajstić information content (AvgIpc) is 3.05. The molecule has 0 saturated heterocycles. The number of amides is 4. The van der Waals surface area contributed by atoms with Gasteiger partial charge in [-0.15, -0.1) is 0 Å². The van der Waals surface area contributed by atoms with E-state index in [-0.39, 0.29) is 18.4 Å². The number of rotatable bonds is 16. The predicted octanol–water partition coefficient (Wildman–Crippen LogP) is 6.12. The van der Waals surface area contributed by atoms with Crippen LogP contribution in [0.2, 0.25) is 0 Å². The summed E-state index contributed by atoms with van der Waals surface area (Å²) in [5, 5.41) is 8.31. The van der Waals surface area contributed by atoms with Crippen molar-refractivity contribution < 1.29 is 38.1 Å². The topological polar surface area (TPSA) is 145 Å². The molecule has 0 aliphatic heterocycles. The second-order valence-corrected chi connectivity index (χ2v) is 12.4. The zero-order chi connectivity index (χ0) is 36.0. The van der Waals surface area contributed by atoms with E-state index in [0.29, 0.717) is 65.9 Å². The van der Waals surface area contributed by atoms with E-state index in [1.165, 1.54) is 18.9 Å². The number of aryl methyl sites for hydroxylation is 1. The van der Waals surface area contributed by atoms with Crippen LogP contribution in [0.25, 0.3) is 0 Å². The number of hydrogen-bond acceptors (Lipinski definition) is 8. The highest BCUT2D eigenvalue weighted by Gasteiger charge is 2.21. The SMILES string of the molecule is COc1cc(C(=O)N(C)c2ccc(C)cc2OCCCCNC(C)=O)ccc1NC(=O)c1ccccc1OCCCNC(=O)OC(C)(C)C. The van der Waals surface area contributed by atoms with Crippen molar-refractivity contribution >= 4 is 35.2 Å². The van der Waals surface area contributed by atoms with Crippen LogP contribution in [-0.2, 0) is 9.53 Å². The lowest BCUT2D eigenvalue weighted by atomic mass is 10.1. The molecule has 0 fully saturated rings. The van der Waals surface area contributed by atoms with Crippen LogP contribution in [0.3, 0.4) is 0 Å². The van der Waals surface area contributed by atoms with Crippen LogP contribution < -0.4 is 35.1 Å². The van der Waals surface area contributed by atoms with Crippen molar-refractivity contribution in [3.8, 4) is 17.2 Å². The molecule has 49 heavy (non-hydrogen) atoms. The Labute approximate surface area is 288 Å². The van der Waals surface area contributed by atoms with Crippen LogP contribution in [0.15, 0.2) is 60.7 Å². The maximum absolute atomic E-state index is 13.6. The van der Waals surface area contributed by atoms with E-state index >= 15 is 0 Å². The molecule has 0 bridgehead atoms. The Bertz CT molecular complexity index is 1600. The average molecular weight is 677 g/mol. The van der Waals surface area contributed by atoms with Crippen LogP contribution >= 0.6 is 0 Å². The summed E-state index contributed by atoms with van der Waals surface area (Å²) < 4.78 is 22.7. The third-order valence-corrected chi connectivity index (χ3v) is 7.06. The number of ether oxygens (including phenoxy) is 4. The fourth-order valence-corrected chi connectivity index (χ4v) is 4.65. The molecule has 264 valence electrons. The number of anilines is 2. The van der Waals surface area contributed by atoms with E-state index in [0.717, 1.165) is 18.4 Å². The van der Waals surface area contributed by atoms with Crippen LogP contribution in [0.4, 0.5) is 16.2 Å². The Morgan fingerprint density at radius 3 is 2.20 bits per heavy atom. The lowest BCUT2D eigenvalue weighted by Gasteiger charge is -2.22. The number of carbonyl (C=O) groups excluding carboxylic acids is 4. The van der Waals surface area contributed by atoms with Crippen molar-refractivity contribution in [2.75, 3.05) is 50.7 Å². The second kappa shape index (κ2) is 18.3. The zero-order valence-electron chi connectivity index (χ0n) is 29.4. The maximum atomic E-state index is 13.6. The number of nitrogens with zero attached hydrogens (tertiary/aromatic N) is 1. The molecule has 4 amide bonds. The Hall–Kier alpha value is -5.26. The van der Waals surface area contributed by atoms with Gasteiger partial charge in [-0.2, -0.15) is 0 Å². The Morgan fingerprint density at radius 2 is 1.49 bits per heavy atom. The summed E-state index contributed by atoms with van der Waals surface area (Å²) >= 11 is 0. The summed E-state index contributed by atoms with van der Waals surface area (Å²) in [7, 11) is 3.13. The first-order chi connectivity index (χ1) is 23.3. The number of carbonyl (C=O) groups is 4. The van der Waals surface area contributed by atoms with Crippen LogP contribution in [0, 0.1) is 6.92 Å². The smallest absolute Gasteiger partial charge is 0.407 e. The van der Waals surface area contributed by atoms with Crippen molar-refractivity contribution in [2.24, 2.45) is 0 Å². The van der Waals surface area contributed by atoms with Gasteiger partial charge in [-0.1, -0.05) is 18.2 Å². The van der Waals surface area contributed by atoms with Gasteiger partial charge in [0, 0.05) is 32.6 Å². The van der Waals surface area contributed by atoms with Crippen LogP contribution in [0.1, 0.15) is 73.2 Å². The van der Waals surface area contributed by atoms with Crippen molar-refractivity contribution in [2.45, 2.75) is 59.5 Å². The Balaban J connectivity index is 1.64. The zero-order valence-corrected chi connectivity index (χ0v) is 29.4. The summed E-state index contributed by atoms with van der Waals surface area (Å²) in [6, 6.07) is 17.3. The summed E-state index contributed by atoms with van der Waals surface area (Å²) in [4.78, 5) is 51.4. The Kier molecular flexibility index (Phi) is 14.3. The quantitative estimate of drug-likeness (QED) is 0.154. The summed E-state index contributed by atoms with van der Waals surface area (Å²) in [6.07, 6.45) is 1.51. The molecule has 3 aromatic carbocycles. The molecule has 3 N–H and O–H groups in total. The maximum Gasteiger partial charge on any atom is 0.407 e. The molecule has 0 heterocycles. The molecule has 12 heteroatoms. The molecule has 0 aromatic heterocycles. The monoisotopic (exact) mass is 676 g/mol. The number of nitrogens with one attached hydrogen (secondary N) is 3. The van der Waals surface area contributed by atoms with Gasteiger partial charge in [-0.05, 0) is 95.0 Å². The minimum absolute atomic E-state index is 0.0661. The third kappa shape index (κ3) is 12.4. The largest absolute Gasteiger partial charge is 0.495 e. The summed E-state index contributed by atoms with van der Waals surface area (Å²) in [5.74, 6) is 0.480. The van der Waals surface area contributed by atoms with E-state index in [1.807, 2.05) is 25.1 Å². The number of alkyl carbamates (subject to hydrolysis) is 1. The number of methoxy groups -OCH3 is 1. The van der Waals surface area contributed by atoms with Gasteiger partial charge in [0.05, 0.1) is 37.3 Å². The predicted molar refractivity (Wildman–Crippen MR) is 189 cm³/mol. The van der Waals surface area contributed by atoms with Gasteiger partial charge in [0.25, 0.3) is 11.8 Å². The van der Waals surface area contributed by atoms with Gasteiger partial charge < -0.3 is 39.8 Å². The summed E-state index contributed by atoms with van der Waals surface area (Å²) in [6.45, 7) is 10.4. The number of benzene rings is 3. The minimum atomic E-state index is -0.583. The van der Waals surface area contributed by atoms with Crippen molar-refractivity contribution in [1.82, 2.24) is 10.6 Å². The lowest BCUT2D eigenvalue weighted by Crippen LogP contribution is -2.33. The molecule has 0 saturated carbocycles. The van der Waals surface area contributed by atoms with Crippen molar-refractivity contribution in [3.63, 3.8) is 0 Å². The summed E-state index contributed by atoms with van der Waals surface area (Å²) in [5.41, 5.74) is 2.05. The first-order valence-electron chi connectivity index (χ1n) is 16.2. The van der Waals surface area contributed by atoms with E-state index in [9.17, 15) is 19.2 Å². The lowest BCUT2D eigenvalue weighted by molar-refractivity contribution is -0.118.